The number of carbonyl (C=O) groups excluding carboxylic acids is 1. The summed E-state index contributed by atoms with van der Waals surface area (Å²) in [6.07, 6.45) is 5.03. The van der Waals surface area contributed by atoms with Gasteiger partial charge in [-0.2, -0.15) is 0 Å². The van der Waals surface area contributed by atoms with Crippen LogP contribution in [0.5, 0.6) is 5.75 Å². The molecule has 1 aliphatic rings. The first-order chi connectivity index (χ1) is 9.72. The highest BCUT2D eigenvalue weighted by Crippen LogP contribution is 2.28. The number of methoxy groups -OCH3 is 1. The Morgan fingerprint density at radius 2 is 2.10 bits per heavy atom. The summed E-state index contributed by atoms with van der Waals surface area (Å²) in [5, 5.41) is 0. The lowest BCUT2D eigenvalue weighted by molar-refractivity contribution is 0.101. The van der Waals surface area contributed by atoms with Gasteiger partial charge in [0.15, 0.2) is 5.78 Å². The van der Waals surface area contributed by atoms with Gasteiger partial charge in [-0.15, -0.1) is 0 Å². The van der Waals surface area contributed by atoms with Crippen LogP contribution in [0, 0.1) is 5.92 Å². The van der Waals surface area contributed by atoms with Crippen molar-refractivity contribution in [1.29, 1.82) is 0 Å². The zero-order chi connectivity index (χ0) is 14.4. The Bertz CT molecular complexity index is 491. The minimum Gasteiger partial charge on any atom is -0.490 e. The monoisotopic (exact) mass is 274 g/mol. The van der Waals surface area contributed by atoms with Gasteiger partial charge in [-0.1, -0.05) is 25.1 Å². The van der Waals surface area contributed by atoms with Crippen LogP contribution >= 0.6 is 0 Å². The summed E-state index contributed by atoms with van der Waals surface area (Å²) >= 11 is 0. The summed E-state index contributed by atoms with van der Waals surface area (Å²) in [6, 6.07) is 7.44. The van der Waals surface area contributed by atoms with E-state index in [1.807, 2.05) is 24.3 Å². The first-order valence-corrected chi connectivity index (χ1v) is 7.17. The van der Waals surface area contributed by atoms with E-state index in [2.05, 4.69) is 13.0 Å². The van der Waals surface area contributed by atoms with E-state index < -0.39 is 0 Å². The van der Waals surface area contributed by atoms with Crippen molar-refractivity contribution < 1.29 is 14.3 Å². The number of hydrogen-bond acceptors (Lipinski definition) is 3. The van der Waals surface area contributed by atoms with E-state index in [9.17, 15) is 4.79 Å². The second-order valence-electron chi connectivity index (χ2n) is 5.28. The molecular weight excluding hydrogens is 252 g/mol. The molecule has 0 heterocycles. The first kappa shape index (κ1) is 14.8. The fraction of sp³-hybridized carbons (Fsp3) is 0.471. The van der Waals surface area contributed by atoms with E-state index in [4.69, 9.17) is 9.47 Å². The Hall–Kier alpha value is -1.61. The molecule has 1 aromatic rings. The van der Waals surface area contributed by atoms with Crippen molar-refractivity contribution in [3.05, 3.63) is 41.5 Å². The fourth-order valence-electron chi connectivity index (χ4n) is 2.36. The van der Waals surface area contributed by atoms with Crippen molar-refractivity contribution >= 4 is 5.78 Å². The van der Waals surface area contributed by atoms with E-state index in [1.165, 1.54) is 0 Å². The van der Waals surface area contributed by atoms with Crippen molar-refractivity contribution in [1.82, 2.24) is 0 Å². The number of carbonyl (C=O) groups is 1. The lowest BCUT2D eigenvalue weighted by Gasteiger charge is -2.18. The second-order valence-corrected chi connectivity index (χ2v) is 5.28. The lowest BCUT2D eigenvalue weighted by atomic mass is 9.87. The van der Waals surface area contributed by atoms with Crippen LogP contribution in [0.15, 0.2) is 35.9 Å². The summed E-state index contributed by atoms with van der Waals surface area (Å²) < 4.78 is 10.6. The molecule has 0 bridgehead atoms. The zero-order valence-corrected chi connectivity index (χ0v) is 12.2. The fourth-order valence-corrected chi connectivity index (χ4v) is 2.36. The van der Waals surface area contributed by atoms with Gasteiger partial charge in [0.05, 0.1) is 12.2 Å². The largest absolute Gasteiger partial charge is 0.490 e. The van der Waals surface area contributed by atoms with Crippen LogP contribution in [0.2, 0.25) is 0 Å². The molecule has 1 unspecified atom stereocenters. The smallest absolute Gasteiger partial charge is 0.192 e. The Balaban J connectivity index is 2.13. The normalized spacial score (nSPS) is 18.5. The van der Waals surface area contributed by atoms with E-state index in [-0.39, 0.29) is 5.78 Å². The van der Waals surface area contributed by atoms with Gasteiger partial charge in [-0.05, 0) is 42.9 Å². The van der Waals surface area contributed by atoms with Gasteiger partial charge in [-0.3, -0.25) is 4.79 Å². The summed E-state index contributed by atoms with van der Waals surface area (Å²) in [5.74, 6) is 1.43. The molecule has 0 radical (unpaired) electrons. The number of rotatable bonds is 6. The van der Waals surface area contributed by atoms with Crippen molar-refractivity contribution in [3.8, 4) is 5.75 Å². The number of Topliss-reactive ketones (excluding diaryl/α,β-unsaturated/α-hetero) is 1. The van der Waals surface area contributed by atoms with Crippen molar-refractivity contribution in [3.63, 3.8) is 0 Å². The highest BCUT2D eigenvalue weighted by molar-refractivity contribution is 6.10. The van der Waals surface area contributed by atoms with E-state index in [0.29, 0.717) is 30.4 Å². The average Bonchev–Trinajstić information content (AvgIpc) is 2.48. The van der Waals surface area contributed by atoms with E-state index in [1.54, 1.807) is 7.11 Å². The molecule has 20 heavy (non-hydrogen) atoms. The SMILES string of the molecule is COCCOc1ccccc1C(=O)C1=CCC(C)CC1. The summed E-state index contributed by atoms with van der Waals surface area (Å²) in [5.41, 5.74) is 1.58. The quantitative estimate of drug-likeness (QED) is 0.587. The van der Waals surface area contributed by atoms with Gasteiger partial charge in [0, 0.05) is 7.11 Å². The summed E-state index contributed by atoms with van der Waals surface area (Å²) in [6.45, 7) is 3.19. The molecule has 0 N–H and O–H groups in total. The van der Waals surface area contributed by atoms with Crippen LogP contribution < -0.4 is 4.74 Å². The average molecular weight is 274 g/mol. The molecular formula is C17H22O3. The second kappa shape index (κ2) is 7.25. The minimum absolute atomic E-state index is 0.102. The number of ether oxygens (including phenoxy) is 2. The van der Waals surface area contributed by atoms with Gasteiger partial charge >= 0.3 is 0 Å². The third-order valence-electron chi connectivity index (χ3n) is 3.64. The third-order valence-corrected chi connectivity index (χ3v) is 3.64. The van der Waals surface area contributed by atoms with Crippen molar-refractivity contribution in [2.45, 2.75) is 26.2 Å². The molecule has 0 spiro atoms. The Morgan fingerprint density at radius 1 is 1.30 bits per heavy atom. The molecule has 0 fully saturated rings. The molecule has 0 saturated carbocycles. The molecule has 1 aromatic carbocycles. The lowest BCUT2D eigenvalue weighted by Crippen LogP contribution is -2.12. The molecule has 1 atom stereocenters. The highest BCUT2D eigenvalue weighted by Gasteiger charge is 2.20. The molecule has 0 aromatic heterocycles. The van der Waals surface area contributed by atoms with Crippen LogP contribution in [-0.4, -0.2) is 26.1 Å². The Kier molecular flexibility index (Phi) is 5.36. The summed E-state index contributed by atoms with van der Waals surface area (Å²) in [4.78, 5) is 12.6. The van der Waals surface area contributed by atoms with Crippen LogP contribution in [0.1, 0.15) is 36.5 Å². The predicted octanol–water partition coefficient (Wildman–Crippen LogP) is 3.64. The molecule has 108 valence electrons. The molecule has 1 aliphatic carbocycles. The first-order valence-electron chi connectivity index (χ1n) is 7.17. The maximum atomic E-state index is 12.6. The van der Waals surface area contributed by atoms with Crippen LogP contribution in [-0.2, 0) is 4.74 Å². The van der Waals surface area contributed by atoms with Crippen LogP contribution in [0.4, 0.5) is 0 Å². The number of para-hydroxylation sites is 1. The standard InChI is InChI=1S/C17H22O3/c1-13-7-9-14(10-8-13)17(18)15-5-3-4-6-16(15)20-12-11-19-2/h3-6,9,13H,7-8,10-12H2,1-2H3. The molecule has 0 aliphatic heterocycles. The zero-order valence-electron chi connectivity index (χ0n) is 12.2. The molecule has 2 rings (SSSR count). The molecule has 3 nitrogen and oxygen atoms in total. The van der Waals surface area contributed by atoms with E-state index in [0.717, 1.165) is 24.8 Å². The van der Waals surface area contributed by atoms with Gasteiger partial charge in [0.2, 0.25) is 0 Å². The van der Waals surface area contributed by atoms with Crippen molar-refractivity contribution in [2.24, 2.45) is 5.92 Å². The predicted molar refractivity (Wildman–Crippen MR) is 79.2 cm³/mol. The Labute approximate surface area is 120 Å². The van der Waals surface area contributed by atoms with Crippen LogP contribution in [0.25, 0.3) is 0 Å². The molecule has 3 heteroatoms. The van der Waals surface area contributed by atoms with Gasteiger partial charge in [-0.25, -0.2) is 0 Å². The van der Waals surface area contributed by atoms with Gasteiger partial charge < -0.3 is 9.47 Å². The molecule has 0 saturated heterocycles. The van der Waals surface area contributed by atoms with Gasteiger partial charge in [0.25, 0.3) is 0 Å². The van der Waals surface area contributed by atoms with Gasteiger partial charge in [0.1, 0.15) is 12.4 Å². The maximum Gasteiger partial charge on any atom is 0.192 e. The summed E-state index contributed by atoms with van der Waals surface area (Å²) in [7, 11) is 1.63. The number of hydrogen-bond donors (Lipinski definition) is 0. The van der Waals surface area contributed by atoms with E-state index >= 15 is 0 Å². The van der Waals surface area contributed by atoms with Crippen molar-refractivity contribution in [2.75, 3.05) is 20.3 Å². The molecule has 0 amide bonds. The minimum atomic E-state index is 0.102. The highest BCUT2D eigenvalue weighted by atomic mass is 16.5. The maximum absolute atomic E-state index is 12.6. The van der Waals surface area contributed by atoms with Crippen LogP contribution in [0.3, 0.4) is 0 Å². The number of allylic oxidation sites excluding steroid dienone is 2. The third kappa shape index (κ3) is 3.70. The Morgan fingerprint density at radius 3 is 2.80 bits per heavy atom. The number of ketones is 1. The topological polar surface area (TPSA) is 35.5 Å². The number of benzene rings is 1.